The molecule has 1 aliphatic carbocycles. The molecule has 3 N–H and O–H groups in total. The lowest BCUT2D eigenvalue weighted by molar-refractivity contribution is -0.138. The van der Waals surface area contributed by atoms with Crippen LogP contribution in [0.4, 0.5) is 0 Å². The van der Waals surface area contributed by atoms with Gasteiger partial charge in [-0.05, 0) is 17.9 Å². The van der Waals surface area contributed by atoms with E-state index < -0.39 is 23.8 Å². The molecule has 8 nitrogen and oxygen atoms in total. The number of nitrogens with one attached hydrogen (secondary N) is 1. The lowest BCUT2D eigenvalue weighted by Gasteiger charge is -2.30. The normalized spacial score (nSPS) is 19.5. The number of Topliss-reactive ketones (excluding diaryl/α,β-unsaturated/α-hetero) is 1. The summed E-state index contributed by atoms with van der Waals surface area (Å²) in [5, 5.41) is 2.71. The number of ketones is 1. The largest absolute Gasteiger partial charge is 0.379 e. The number of benzene rings is 1. The van der Waals surface area contributed by atoms with Gasteiger partial charge < -0.3 is 20.5 Å². The molecule has 1 aromatic rings. The summed E-state index contributed by atoms with van der Waals surface area (Å²) < 4.78 is 11.0. The maximum absolute atomic E-state index is 13.2. The molecule has 2 aliphatic rings. The van der Waals surface area contributed by atoms with Gasteiger partial charge in [0, 0.05) is 13.1 Å². The molecule has 1 saturated carbocycles. The highest BCUT2D eigenvalue weighted by Crippen LogP contribution is 2.29. The first-order chi connectivity index (χ1) is 16.0. The fourth-order valence-electron chi connectivity index (χ4n) is 4.57. The van der Waals surface area contributed by atoms with Gasteiger partial charge in [-0.3, -0.25) is 19.3 Å². The number of morpholine rings is 1. The lowest BCUT2D eigenvalue weighted by atomic mass is 9.81. The molecule has 2 atom stereocenters. The summed E-state index contributed by atoms with van der Waals surface area (Å²) in [5.41, 5.74) is 6.49. The number of rotatable bonds is 12. The smallest absolute Gasteiger partial charge is 0.242 e. The third-order valence-electron chi connectivity index (χ3n) is 6.54. The molecule has 2 amide bonds. The molecular weight excluding hydrogens is 422 g/mol. The van der Waals surface area contributed by atoms with Crippen LogP contribution in [-0.2, 0) is 30.5 Å². The summed E-state index contributed by atoms with van der Waals surface area (Å²) in [6.07, 6.45) is 6.06. The van der Waals surface area contributed by atoms with E-state index in [0.717, 1.165) is 31.2 Å². The Morgan fingerprint density at radius 3 is 2.45 bits per heavy atom. The van der Waals surface area contributed by atoms with Crippen molar-refractivity contribution in [2.75, 3.05) is 39.5 Å². The zero-order valence-electron chi connectivity index (χ0n) is 19.4. The second kappa shape index (κ2) is 13.4. The molecule has 3 rings (SSSR count). The number of nitrogens with two attached hydrogens (primary N) is 1. The van der Waals surface area contributed by atoms with Crippen LogP contribution in [0.3, 0.4) is 0 Å². The second-order valence-corrected chi connectivity index (χ2v) is 9.11. The first-order valence-corrected chi connectivity index (χ1v) is 12.1. The molecule has 33 heavy (non-hydrogen) atoms. The summed E-state index contributed by atoms with van der Waals surface area (Å²) in [4.78, 5) is 40.4. The molecule has 8 heteroatoms. The summed E-state index contributed by atoms with van der Waals surface area (Å²) in [7, 11) is 0. The van der Waals surface area contributed by atoms with Gasteiger partial charge in [-0.2, -0.15) is 0 Å². The number of hydrogen-bond donors (Lipinski definition) is 2. The van der Waals surface area contributed by atoms with Crippen LogP contribution >= 0.6 is 0 Å². The van der Waals surface area contributed by atoms with Crippen LogP contribution < -0.4 is 11.1 Å². The molecule has 1 aliphatic heterocycles. The van der Waals surface area contributed by atoms with Crippen LogP contribution in [0.15, 0.2) is 30.3 Å². The maximum Gasteiger partial charge on any atom is 0.242 e. The van der Waals surface area contributed by atoms with Crippen molar-refractivity contribution in [1.82, 2.24) is 10.2 Å². The Kier molecular flexibility index (Phi) is 10.3. The van der Waals surface area contributed by atoms with Gasteiger partial charge in [-0.15, -0.1) is 0 Å². The van der Waals surface area contributed by atoms with Crippen molar-refractivity contribution in [3.05, 3.63) is 35.9 Å². The van der Waals surface area contributed by atoms with Crippen molar-refractivity contribution in [3.8, 4) is 0 Å². The highest BCUT2D eigenvalue weighted by molar-refractivity contribution is 6.03. The van der Waals surface area contributed by atoms with Gasteiger partial charge in [-0.1, -0.05) is 62.4 Å². The zero-order chi connectivity index (χ0) is 23.5. The third-order valence-corrected chi connectivity index (χ3v) is 6.54. The zero-order valence-corrected chi connectivity index (χ0v) is 19.4. The Morgan fingerprint density at radius 2 is 1.79 bits per heavy atom. The molecule has 1 saturated heterocycles. The van der Waals surface area contributed by atoms with Crippen molar-refractivity contribution in [3.63, 3.8) is 0 Å². The summed E-state index contributed by atoms with van der Waals surface area (Å²) in [6, 6.07) is 8.58. The average Bonchev–Trinajstić information content (AvgIpc) is 2.83. The fourth-order valence-corrected chi connectivity index (χ4v) is 4.57. The Hall–Kier alpha value is -2.29. The molecular formula is C25H37N3O5. The van der Waals surface area contributed by atoms with Crippen LogP contribution in [0.25, 0.3) is 0 Å². The number of primary amides is 1. The highest BCUT2D eigenvalue weighted by atomic mass is 16.5. The third kappa shape index (κ3) is 8.53. The molecule has 1 heterocycles. The van der Waals surface area contributed by atoms with E-state index in [-0.39, 0.29) is 18.9 Å². The van der Waals surface area contributed by atoms with Gasteiger partial charge in [-0.25, -0.2) is 0 Å². The van der Waals surface area contributed by atoms with Crippen molar-refractivity contribution < 1.29 is 23.9 Å². The first-order valence-electron chi connectivity index (χ1n) is 12.1. The Morgan fingerprint density at radius 1 is 1.09 bits per heavy atom. The van der Waals surface area contributed by atoms with Gasteiger partial charge in [0.25, 0.3) is 0 Å². The first kappa shape index (κ1) is 25.3. The average molecular weight is 460 g/mol. The minimum atomic E-state index is -0.980. The van der Waals surface area contributed by atoms with Gasteiger partial charge in [0.2, 0.25) is 11.8 Å². The van der Waals surface area contributed by atoms with E-state index in [1.165, 1.54) is 6.42 Å². The minimum Gasteiger partial charge on any atom is -0.379 e. The van der Waals surface area contributed by atoms with E-state index in [2.05, 4.69) is 5.32 Å². The Balaban J connectivity index is 1.60. The van der Waals surface area contributed by atoms with Crippen LogP contribution in [0.5, 0.6) is 0 Å². The topological polar surface area (TPSA) is 111 Å². The molecule has 182 valence electrons. The Bertz CT molecular complexity index is 761. The molecule has 0 spiro atoms. The maximum atomic E-state index is 13.2. The predicted molar refractivity (Wildman–Crippen MR) is 124 cm³/mol. The molecule has 0 aromatic heterocycles. The van der Waals surface area contributed by atoms with E-state index in [4.69, 9.17) is 15.2 Å². The molecule has 2 fully saturated rings. The Labute approximate surface area is 196 Å². The van der Waals surface area contributed by atoms with Gasteiger partial charge in [0.05, 0.1) is 38.9 Å². The minimum absolute atomic E-state index is 0.0379. The van der Waals surface area contributed by atoms with Gasteiger partial charge >= 0.3 is 0 Å². The lowest BCUT2D eigenvalue weighted by Crippen LogP contribution is -2.52. The summed E-state index contributed by atoms with van der Waals surface area (Å²) in [6.45, 7) is 3.04. The van der Waals surface area contributed by atoms with Crippen molar-refractivity contribution in [1.29, 1.82) is 0 Å². The van der Waals surface area contributed by atoms with E-state index >= 15 is 0 Å². The van der Waals surface area contributed by atoms with E-state index in [9.17, 15) is 14.4 Å². The van der Waals surface area contributed by atoms with Crippen LogP contribution in [-0.4, -0.2) is 68.0 Å². The van der Waals surface area contributed by atoms with Crippen molar-refractivity contribution in [2.45, 2.75) is 51.2 Å². The summed E-state index contributed by atoms with van der Waals surface area (Å²) >= 11 is 0. The van der Waals surface area contributed by atoms with Crippen LogP contribution in [0.1, 0.15) is 44.1 Å². The number of amides is 2. The molecule has 1 aromatic carbocycles. The van der Waals surface area contributed by atoms with Gasteiger partial charge in [0.15, 0.2) is 5.78 Å². The highest BCUT2D eigenvalue weighted by Gasteiger charge is 2.33. The number of carbonyl (C=O) groups excluding carboxylic acids is 3. The second-order valence-electron chi connectivity index (χ2n) is 9.11. The van der Waals surface area contributed by atoms with Crippen molar-refractivity contribution >= 4 is 17.6 Å². The van der Waals surface area contributed by atoms with Crippen LogP contribution in [0.2, 0.25) is 0 Å². The standard InChI is InChI=1S/C25H37N3O5/c26-24(30)22(18-33-17-20-9-5-2-6-10-20)27-25(31)21(15-19-7-3-1-4-8-19)23(29)16-28-11-13-32-14-12-28/h2,5-6,9-10,19,21-22H,1,3-4,7-8,11-18H2,(H2,26,30)(H,27,31). The monoisotopic (exact) mass is 459 g/mol. The molecule has 0 bridgehead atoms. The summed E-state index contributed by atoms with van der Waals surface area (Å²) in [5.74, 6) is -1.63. The van der Waals surface area contributed by atoms with Crippen LogP contribution in [0, 0.1) is 11.8 Å². The predicted octanol–water partition coefficient (Wildman–Crippen LogP) is 1.66. The quantitative estimate of drug-likeness (QED) is 0.460. The van der Waals surface area contributed by atoms with E-state index in [0.29, 0.717) is 45.2 Å². The van der Waals surface area contributed by atoms with E-state index in [1.807, 2.05) is 35.2 Å². The number of ether oxygens (including phenoxy) is 2. The number of nitrogens with zero attached hydrogens (tertiary/aromatic N) is 1. The van der Waals surface area contributed by atoms with Crippen molar-refractivity contribution in [2.24, 2.45) is 17.6 Å². The van der Waals surface area contributed by atoms with Gasteiger partial charge in [0.1, 0.15) is 6.04 Å². The SMILES string of the molecule is NC(=O)C(COCc1ccccc1)NC(=O)C(CC1CCCCC1)C(=O)CN1CCOCC1. The number of carbonyl (C=O) groups is 3. The molecule has 2 unspecified atom stereocenters. The van der Waals surface area contributed by atoms with E-state index in [1.54, 1.807) is 0 Å². The number of hydrogen-bond acceptors (Lipinski definition) is 6. The molecule has 0 radical (unpaired) electrons. The fraction of sp³-hybridized carbons (Fsp3) is 0.640.